The monoisotopic (exact) mass is 556 g/mol. The fourth-order valence-corrected chi connectivity index (χ4v) is 5.78. The predicted molar refractivity (Wildman–Crippen MR) is 153 cm³/mol. The third kappa shape index (κ3) is 5.48. The van der Waals surface area contributed by atoms with Crippen LogP contribution in [0.25, 0.3) is 21.3 Å². The highest BCUT2D eigenvalue weighted by Gasteiger charge is 2.18. The molecule has 0 spiro atoms. The number of aromatic nitrogens is 3. The van der Waals surface area contributed by atoms with Crippen molar-refractivity contribution in [2.75, 3.05) is 23.3 Å². The Labute approximate surface area is 233 Å². The molecule has 2 N–H and O–H groups in total. The smallest absolute Gasteiger partial charge is 0.255 e. The number of halogens is 2. The van der Waals surface area contributed by atoms with Crippen molar-refractivity contribution in [1.82, 2.24) is 20.3 Å². The standard InChI is InChI=1S/C30H26F2N6OS/c31-24-8-5-19(14-25(24)32)16-35-30(39)22-4-3-11-33-28(22)34-17-21-7-10-27(40-21)20-6-9-26-23(15-20)29(37-18-36-26)38-12-1-2-13-38/h3-11,14-15,18H,1-2,12-13,16-17H2,(H,33,34)(H,35,39). The molecule has 1 aliphatic rings. The first-order valence-electron chi connectivity index (χ1n) is 13.0. The maximum absolute atomic E-state index is 13.5. The van der Waals surface area contributed by atoms with E-state index >= 15 is 0 Å². The second kappa shape index (κ2) is 11.4. The number of nitrogens with zero attached hydrogens (tertiary/aromatic N) is 4. The molecule has 1 saturated heterocycles. The number of fused-ring (bicyclic) bond motifs is 1. The largest absolute Gasteiger partial charge is 0.365 e. The molecule has 40 heavy (non-hydrogen) atoms. The van der Waals surface area contributed by atoms with E-state index in [1.54, 1.807) is 36.0 Å². The van der Waals surface area contributed by atoms with Gasteiger partial charge >= 0.3 is 0 Å². The molecule has 7 nitrogen and oxygen atoms in total. The molecule has 5 aromatic rings. The molecule has 0 saturated carbocycles. The highest BCUT2D eigenvalue weighted by molar-refractivity contribution is 7.15. The number of hydrogen-bond acceptors (Lipinski definition) is 7. The van der Waals surface area contributed by atoms with E-state index in [0.29, 0.717) is 23.5 Å². The quantitative estimate of drug-likeness (QED) is 0.238. The number of hydrogen-bond donors (Lipinski definition) is 2. The summed E-state index contributed by atoms with van der Waals surface area (Å²) < 4.78 is 26.7. The first-order valence-corrected chi connectivity index (χ1v) is 13.9. The predicted octanol–water partition coefficient (Wildman–Crippen LogP) is 6.17. The van der Waals surface area contributed by atoms with Crippen LogP contribution in [0, 0.1) is 11.6 Å². The molecular weight excluding hydrogens is 530 g/mol. The zero-order valence-corrected chi connectivity index (χ0v) is 22.3. The van der Waals surface area contributed by atoms with Crippen LogP contribution in [0.1, 0.15) is 33.6 Å². The number of nitrogens with one attached hydrogen (secondary N) is 2. The topological polar surface area (TPSA) is 83.0 Å². The molecule has 1 aliphatic heterocycles. The third-order valence-corrected chi connectivity index (χ3v) is 8.02. The first kappa shape index (κ1) is 25.8. The zero-order chi connectivity index (χ0) is 27.5. The maximum Gasteiger partial charge on any atom is 0.255 e. The summed E-state index contributed by atoms with van der Waals surface area (Å²) in [6.07, 6.45) is 5.61. The van der Waals surface area contributed by atoms with Gasteiger partial charge < -0.3 is 15.5 Å². The Balaban J connectivity index is 1.14. The molecule has 0 unspecified atom stereocenters. The van der Waals surface area contributed by atoms with Crippen LogP contribution < -0.4 is 15.5 Å². The Kier molecular flexibility index (Phi) is 7.33. The van der Waals surface area contributed by atoms with E-state index in [0.717, 1.165) is 57.3 Å². The average Bonchev–Trinajstić information content (AvgIpc) is 3.69. The summed E-state index contributed by atoms with van der Waals surface area (Å²) >= 11 is 1.66. The molecule has 0 radical (unpaired) electrons. The molecule has 10 heteroatoms. The zero-order valence-electron chi connectivity index (χ0n) is 21.5. The minimum absolute atomic E-state index is 0.0644. The molecule has 0 aliphatic carbocycles. The summed E-state index contributed by atoms with van der Waals surface area (Å²) in [7, 11) is 0. The van der Waals surface area contributed by atoms with E-state index in [4.69, 9.17) is 0 Å². The van der Waals surface area contributed by atoms with Gasteiger partial charge in [-0.2, -0.15) is 0 Å². The van der Waals surface area contributed by atoms with Crippen LogP contribution >= 0.6 is 11.3 Å². The number of carbonyl (C=O) groups is 1. The van der Waals surface area contributed by atoms with Gasteiger partial charge in [0.05, 0.1) is 17.6 Å². The highest BCUT2D eigenvalue weighted by atomic mass is 32.1. The summed E-state index contributed by atoms with van der Waals surface area (Å²) in [5.41, 5.74) is 2.87. The minimum Gasteiger partial charge on any atom is -0.365 e. The second-order valence-electron chi connectivity index (χ2n) is 9.57. The Morgan fingerprint density at radius 3 is 2.65 bits per heavy atom. The van der Waals surface area contributed by atoms with Gasteiger partial charge in [0, 0.05) is 41.0 Å². The van der Waals surface area contributed by atoms with Crippen molar-refractivity contribution < 1.29 is 13.6 Å². The second-order valence-corrected chi connectivity index (χ2v) is 10.7. The number of anilines is 2. The first-order chi connectivity index (χ1) is 19.5. The number of rotatable bonds is 8. The van der Waals surface area contributed by atoms with Crippen molar-refractivity contribution in [1.29, 1.82) is 0 Å². The number of carbonyl (C=O) groups excluding carboxylic acids is 1. The molecule has 0 atom stereocenters. The van der Waals surface area contributed by atoms with Gasteiger partial charge in [-0.1, -0.05) is 12.1 Å². The van der Waals surface area contributed by atoms with Crippen molar-refractivity contribution in [3.63, 3.8) is 0 Å². The lowest BCUT2D eigenvalue weighted by molar-refractivity contribution is 0.0951. The van der Waals surface area contributed by atoms with Gasteiger partial charge in [0.15, 0.2) is 11.6 Å². The maximum atomic E-state index is 13.5. The van der Waals surface area contributed by atoms with Crippen LogP contribution in [0.3, 0.4) is 0 Å². The van der Waals surface area contributed by atoms with Crippen LogP contribution in [0.2, 0.25) is 0 Å². The van der Waals surface area contributed by atoms with Crippen molar-refractivity contribution >= 4 is 39.8 Å². The lowest BCUT2D eigenvalue weighted by atomic mass is 10.1. The van der Waals surface area contributed by atoms with Crippen LogP contribution in [0.15, 0.2) is 73.2 Å². The molecular formula is C30H26F2N6OS. The van der Waals surface area contributed by atoms with Crippen LogP contribution in [-0.4, -0.2) is 33.9 Å². The van der Waals surface area contributed by atoms with E-state index in [2.05, 4.69) is 54.8 Å². The summed E-state index contributed by atoms with van der Waals surface area (Å²) in [5.74, 6) is -0.798. The lowest BCUT2D eigenvalue weighted by Gasteiger charge is -2.18. The van der Waals surface area contributed by atoms with Gasteiger partial charge in [0.25, 0.3) is 5.91 Å². The molecule has 2 aromatic carbocycles. The van der Waals surface area contributed by atoms with Gasteiger partial charge in [0.1, 0.15) is 18.0 Å². The van der Waals surface area contributed by atoms with Gasteiger partial charge in [-0.3, -0.25) is 4.79 Å². The fraction of sp³-hybridized carbons (Fsp3) is 0.200. The van der Waals surface area contributed by atoms with E-state index in [-0.39, 0.29) is 12.5 Å². The molecule has 6 rings (SSSR count). The number of amides is 1. The Hall–Kier alpha value is -4.44. The molecule has 0 bridgehead atoms. The number of benzene rings is 2. The van der Waals surface area contributed by atoms with Crippen LogP contribution in [0.5, 0.6) is 0 Å². The van der Waals surface area contributed by atoms with Gasteiger partial charge in [-0.05, 0) is 72.5 Å². The number of pyridine rings is 1. The molecule has 3 aromatic heterocycles. The molecule has 202 valence electrons. The SMILES string of the molecule is O=C(NCc1ccc(F)c(F)c1)c1cccnc1NCc1ccc(-c2ccc3ncnc(N4CCCC4)c3c2)s1. The normalized spacial score (nSPS) is 13.1. The lowest BCUT2D eigenvalue weighted by Crippen LogP contribution is -2.24. The average molecular weight is 557 g/mol. The Morgan fingerprint density at radius 2 is 1.80 bits per heavy atom. The van der Waals surface area contributed by atoms with E-state index in [9.17, 15) is 13.6 Å². The molecule has 1 amide bonds. The minimum atomic E-state index is -0.949. The summed E-state index contributed by atoms with van der Waals surface area (Å²) in [5, 5.41) is 7.07. The third-order valence-electron chi connectivity index (χ3n) is 6.89. The van der Waals surface area contributed by atoms with Crippen molar-refractivity contribution in [3.05, 3.63) is 101 Å². The molecule has 4 heterocycles. The van der Waals surface area contributed by atoms with Crippen molar-refractivity contribution in [2.24, 2.45) is 0 Å². The Bertz CT molecular complexity index is 1680. The van der Waals surface area contributed by atoms with Crippen molar-refractivity contribution in [3.8, 4) is 10.4 Å². The number of thiophene rings is 1. The summed E-state index contributed by atoms with van der Waals surface area (Å²) in [4.78, 5) is 30.8. The van der Waals surface area contributed by atoms with Gasteiger partial charge in [-0.25, -0.2) is 23.7 Å². The highest BCUT2D eigenvalue weighted by Crippen LogP contribution is 2.33. The molecule has 1 fully saturated rings. The summed E-state index contributed by atoms with van der Waals surface area (Å²) in [6.45, 7) is 2.59. The van der Waals surface area contributed by atoms with Crippen LogP contribution in [0.4, 0.5) is 20.4 Å². The van der Waals surface area contributed by atoms with Gasteiger partial charge in [0.2, 0.25) is 0 Å². The van der Waals surface area contributed by atoms with E-state index in [1.165, 1.54) is 18.9 Å². The van der Waals surface area contributed by atoms with Gasteiger partial charge in [-0.15, -0.1) is 11.3 Å². The van der Waals surface area contributed by atoms with Crippen molar-refractivity contribution in [2.45, 2.75) is 25.9 Å². The van der Waals surface area contributed by atoms with Crippen LogP contribution in [-0.2, 0) is 13.1 Å². The van der Waals surface area contributed by atoms with E-state index < -0.39 is 11.6 Å². The Morgan fingerprint density at radius 1 is 0.925 bits per heavy atom. The fourth-order valence-electron chi connectivity index (χ4n) is 4.83. The van der Waals surface area contributed by atoms with E-state index in [1.807, 2.05) is 6.07 Å². The summed E-state index contributed by atoms with van der Waals surface area (Å²) in [6, 6.07) is 17.4.